The Labute approximate surface area is 183 Å². The fourth-order valence-corrected chi connectivity index (χ4v) is 4.38. The number of hydrogen-bond acceptors (Lipinski definition) is 4. The summed E-state index contributed by atoms with van der Waals surface area (Å²) in [5, 5.41) is 0. The van der Waals surface area contributed by atoms with Gasteiger partial charge in [-0.3, -0.25) is 9.59 Å². The number of rotatable bonds is 9. The molecule has 2 aromatic carbocycles. The number of carbonyl (C=O) groups excluding carboxylic acids is 2. The second-order valence-electron chi connectivity index (χ2n) is 7.37. The molecule has 2 aromatic rings. The molecule has 3 rings (SSSR count). The van der Waals surface area contributed by atoms with Gasteiger partial charge in [0.1, 0.15) is 5.75 Å². The van der Waals surface area contributed by atoms with Crippen molar-refractivity contribution < 1.29 is 14.3 Å². The molecule has 0 N–H and O–H groups in total. The van der Waals surface area contributed by atoms with Gasteiger partial charge >= 0.3 is 0 Å². The average Bonchev–Trinajstić information content (AvgIpc) is 2.80. The number of aryl methyl sites for hydroxylation is 1. The van der Waals surface area contributed by atoms with E-state index >= 15 is 0 Å². The molecule has 0 atom stereocenters. The Balaban J connectivity index is 1.31. The topological polar surface area (TPSA) is 49.9 Å². The Hall–Kier alpha value is -2.47. The molecule has 0 unspecified atom stereocenters. The molecule has 160 valence electrons. The van der Waals surface area contributed by atoms with Gasteiger partial charge in [0.15, 0.2) is 0 Å². The van der Waals surface area contributed by atoms with Gasteiger partial charge in [0.2, 0.25) is 11.8 Å². The maximum atomic E-state index is 12.5. The zero-order valence-corrected chi connectivity index (χ0v) is 18.4. The highest BCUT2D eigenvalue weighted by Crippen LogP contribution is 2.22. The van der Waals surface area contributed by atoms with Crippen LogP contribution >= 0.6 is 11.8 Å². The average molecular weight is 427 g/mol. The van der Waals surface area contributed by atoms with Crippen LogP contribution in [0.1, 0.15) is 24.8 Å². The highest BCUT2D eigenvalue weighted by atomic mass is 32.2. The van der Waals surface area contributed by atoms with Crippen molar-refractivity contribution in [3.63, 3.8) is 0 Å². The van der Waals surface area contributed by atoms with Crippen molar-refractivity contribution in [2.75, 3.05) is 39.0 Å². The van der Waals surface area contributed by atoms with Crippen molar-refractivity contribution in [1.82, 2.24) is 9.80 Å². The smallest absolute Gasteiger partial charge is 0.223 e. The Morgan fingerprint density at radius 2 is 1.47 bits per heavy atom. The summed E-state index contributed by atoms with van der Waals surface area (Å²) in [5.74, 6) is 1.97. The molecule has 2 amide bonds. The molecular formula is C24H30N2O3S. The lowest BCUT2D eigenvalue weighted by Crippen LogP contribution is -2.50. The van der Waals surface area contributed by atoms with Crippen LogP contribution in [0.2, 0.25) is 0 Å². The van der Waals surface area contributed by atoms with E-state index < -0.39 is 0 Å². The minimum Gasteiger partial charge on any atom is -0.497 e. The number of ether oxygens (including phenoxy) is 1. The van der Waals surface area contributed by atoms with Gasteiger partial charge in [-0.05, 0) is 42.7 Å². The highest BCUT2D eigenvalue weighted by Gasteiger charge is 2.23. The van der Waals surface area contributed by atoms with Crippen LogP contribution in [0, 0.1) is 0 Å². The number of amides is 2. The minimum atomic E-state index is 0.173. The summed E-state index contributed by atoms with van der Waals surface area (Å²) in [6, 6.07) is 18.1. The molecule has 1 heterocycles. The van der Waals surface area contributed by atoms with Crippen molar-refractivity contribution in [2.45, 2.75) is 30.6 Å². The second kappa shape index (κ2) is 11.6. The summed E-state index contributed by atoms with van der Waals surface area (Å²) in [7, 11) is 1.65. The van der Waals surface area contributed by atoms with E-state index in [0.29, 0.717) is 39.0 Å². The molecular weight excluding hydrogens is 396 g/mol. The van der Waals surface area contributed by atoms with Crippen LogP contribution in [0.25, 0.3) is 0 Å². The number of nitrogens with zero attached hydrogens (tertiary/aromatic N) is 2. The van der Waals surface area contributed by atoms with Crippen LogP contribution in [-0.4, -0.2) is 60.7 Å². The van der Waals surface area contributed by atoms with E-state index in [1.54, 1.807) is 18.9 Å². The Bertz CT molecular complexity index is 803. The molecule has 6 heteroatoms. The predicted molar refractivity (Wildman–Crippen MR) is 121 cm³/mol. The van der Waals surface area contributed by atoms with Crippen molar-refractivity contribution in [3.05, 3.63) is 60.2 Å². The van der Waals surface area contributed by atoms with E-state index in [4.69, 9.17) is 4.74 Å². The maximum Gasteiger partial charge on any atom is 0.223 e. The normalized spacial score (nSPS) is 13.9. The van der Waals surface area contributed by atoms with Crippen molar-refractivity contribution in [2.24, 2.45) is 0 Å². The minimum absolute atomic E-state index is 0.173. The van der Waals surface area contributed by atoms with Crippen LogP contribution in [0.15, 0.2) is 59.5 Å². The Morgan fingerprint density at radius 1 is 0.867 bits per heavy atom. The molecule has 0 bridgehead atoms. The number of benzene rings is 2. The van der Waals surface area contributed by atoms with E-state index in [9.17, 15) is 9.59 Å². The number of carbonyl (C=O) groups is 2. The summed E-state index contributed by atoms with van der Waals surface area (Å²) in [6.07, 6.45) is 2.88. The van der Waals surface area contributed by atoms with Gasteiger partial charge in [0.25, 0.3) is 0 Å². The van der Waals surface area contributed by atoms with Gasteiger partial charge in [-0.25, -0.2) is 0 Å². The largest absolute Gasteiger partial charge is 0.497 e. The van der Waals surface area contributed by atoms with Crippen LogP contribution in [0.5, 0.6) is 5.75 Å². The standard InChI is InChI=1S/C24H30N2O3S/c1-29-21-10-12-22(13-11-21)30-19-14-24(28)26-17-15-25(16-18-26)23(27)9-5-8-20-6-3-2-4-7-20/h2-4,6-7,10-13H,5,8-9,14-19H2,1H3. The number of piperazine rings is 1. The van der Waals surface area contributed by atoms with Crippen LogP contribution in [-0.2, 0) is 16.0 Å². The molecule has 5 nitrogen and oxygen atoms in total. The van der Waals surface area contributed by atoms with E-state index in [2.05, 4.69) is 12.1 Å². The quantitative estimate of drug-likeness (QED) is 0.571. The summed E-state index contributed by atoms with van der Waals surface area (Å²) in [6.45, 7) is 2.55. The molecule has 30 heavy (non-hydrogen) atoms. The highest BCUT2D eigenvalue weighted by molar-refractivity contribution is 7.99. The maximum absolute atomic E-state index is 12.5. The number of thioether (sulfide) groups is 1. The summed E-state index contributed by atoms with van der Waals surface area (Å²) in [4.78, 5) is 29.9. The summed E-state index contributed by atoms with van der Waals surface area (Å²) >= 11 is 1.68. The van der Waals surface area contributed by atoms with Crippen molar-refractivity contribution >= 4 is 23.6 Å². The summed E-state index contributed by atoms with van der Waals surface area (Å²) < 4.78 is 5.16. The van der Waals surface area contributed by atoms with Crippen molar-refractivity contribution in [3.8, 4) is 5.75 Å². The Kier molecular flexibility index (Phi) is 8.63. The number of methoxy groups -OCH3 is 1. The fraction of sp³-hybridized carbons (Fsp3) is 0.417. The molecule has 1 saturated heterocycles. The molecule has 1 aliphatic heterocycles. The molecule has 0 saturated carbocycles. The third-order valence-electron chi connectivity index (χ3n) is 5.33. The monoisotopic (exact) mass is 426 g/mol. The second-order valence-corrected chi connectivity index (χ2v) is 8.54. The molecule has 1 aliphatic rings. The first kappa shape index (κ1) is 22.2. The van der Waals surface area contributed by atoms with E-state index in [-0.39, 0.29) is 11.8 Å². The van der Waals surface area contributed by atoms with Gasteiger partial charge < -0.3 is 14.5 Å². The van der Waals surface area contributed by atoms with Gasteiger partial charge in [-0.15, -0.1) is 11.8 Å². The zero-order valence-electron chi connectivity index (χ0n) is 17.6. The first-order chi connectivity index (χ1) is 14.7. The first-order valence-electron chi connectivity index (χ1n) is 10.5. The molecule has 0 radical (unpaired) electrons. The zero-order chi connectivity index (χ0) is 21.2. The third-order valence-corrected chi connectivity index (χ3v) is 6.34. The fourth-order valence-electron chi connectivity index (χ4n) is 3.54. The van der Waals surface area contributed by atoms with Crippen molar-refractivity contribution in [1.29, 1.82) is 0 Å². The van der Waals surface area contributed by atoms with E-state index in [0.717, 1.165) is 29.2 Å². The Morgan fingerprint density at radius 3 is 2.07 bits per heavy atom. The molecule has 0 aliphatic carbocycles. The number of hydrogen-bond donors (Lipinski definition) is 0. The lowest BCUT2D eigenvalue weighted by Gasteiger charge is -2.35. The molecule has 0 spiro atoms. The van der Waals surface area contributed by atoms with Crippen LogP contribution < -0.4 is 4.74 Å². The predicted octanol–water partition coefficient (Wildman–Crippen LogP) is 3.87. The van der Waals surface area contributed by atoms with Gasteiger partial charge in [0, 0.05) is 49.7 Å². The lowest BCUT2D eigenvalue weighted by molar-refractivity contribution is -0.139. The third kappa shape index (κ3) is 6.80. The van der Waals surface area contributed by atoms with Crippen LogP contribution in [0.4, 0.5) is 0 Å². The SMILES string of the molecule is COc1ccc(SCCC(=O)N2CCN(C(=O)CCCc3ccccc3)CC2)cc1. The van der Waals surface area contributed by atoms with E-state index in [1.165, 1.54) is 5.56 Å². The first-order valence-corrected chi connectivity index (χ1v) is 11.5. The lowest BCUT2D eigenvalue weighted by atomic mass is 10.1. The summed E-state index contributed by atoms with van der Waals surface area (Å²) in [5.41, 5.74) is 1.27. The van der Waals surface area contributed by atoms with Gasteiger partial charge in [0.05, 0.1) is 7.11 Å². The van der Waals surface area contributed by atoms with Gasteiger partial charge in [-0.1, -0.05) is 30.3 Å². The molecule has 0 aromatic heterocycles. The van der Waals surface area contributed by atoms with Gasteiger partial charge in [-0.2, -0.15) is 0 Å². The molecule has 1 fully saturated rings. The van der Waals surface area contributed by atoms with Crippen LogP contribution in [0.3, 0.4) is 0 Å². The van der Waals surface area contributed by atoms with E-state index in [1.807, 2.05) is 52.3 Å².